The first-order valence-electron chi connectivity index (χ1n) is 5.79. The van der Waals surface area contributed by atoms with Gasteiger partial charge in [0.15, 0.2) is 0 Å². The molecule has 0 aromatic rings. The quantitative estimate of drug-likeness (QED) is 0.581. The number of fused-ring (bicyclic) bond motifs is 2. The molecule has 0 heterocycles. The van der Waals surface area contributed by atoms with Crippen molar-refractivity contribution in [3.8, 4) is 0 Å². The molecule has 3 unspecified atom stereocenters. The van der Waals surface area contributed by atoms with E-state index in [4.69, 9.17) is 0 Å². The fourth-order valence-electron chi connectivity index (χ4n) is 3.64. The minimum Gasteiger partial charge on any atom is -0.0651 e. The molecule has 0 N–H and O–H groups in total. The third-order valence-electron chi connectivity index (χ3n) is 4.73. The molecule has 70 valence electrons. The SMILES string of the molecule is CCC1CCC2(CC)CCC1C2. The summed E-state index contributed by atoms with van der Waals surface area (Å²) in [6.07, 6.45) is 10.6. The molecule has 0 aliphatic heterocycles. The number of hydrogen-bond donors (Lipinski definition) is 0. The second-order valence-electron chi connectivity index (χ2n) is 5.06. The molecule has 2 aliphatic carbocycles. The summed E-state index contributed by atoms with van der Waals surface area (Å²) in [5.74, 6) is 2.20. The first kappa shape index (κ1) is 8.59. The lowest BCUT2D eigenvalue weighted by Crippen LogP contribution is -2.25. The van der Waals surface area contributed by atoms with Crippen molar-refractivity contribution >= 4 is 0 Å². The molecule has 12 heavy (non-hydrogen) atoms. The van der Waals surface area contributed by atoms with E-state index < -0.39 is 0 Å². The summed E-state index contributed by atoms with van der Waals surface area (Å²) in [6.45, 7) is 4.77. The zero-order valence-corrected chi connectivity index (χ0v) is 8.60. The van der Waals surface area contributed by atoms with Crippen LogP contribution >= 0.6 is 0 Å². The lowest BCUT2D eigenvalue weighted by Gasteiger charge is -2.36. The molecule has 2 rings (SSSR count). The van der Waals surface area contributed by atoms with Crippen LogP contribution in [0.1, 0.15) is 58.8 Å². The van der Waals surface area contributed by atoms with E-state index in [1.807, 2.05) is 0 Å². The molecule has 2 saturated carbocycles. The van der Waals surface area contributed by atoms with Gasteiger partial charge in [0.25, 0.3) is 0 Å². The minimum absolute atomic E-state index is 0.816. The summed E-state index contributed by atoms with van der Waals surface area (Å²) in [5.41, 5.74) is 0.816. The van der Waals surface area contributed by atoms with Crippen LogP contribution in [0.3, 0.4) is 0 Å². The molecule has 2 bridgehead atoms. The van der Waals surface area contributed by atoms with Gasteiger partial charge in [0.1, 0.15) is 0 Å². The van der Waals surface area contributed by atoms with Crippen molar-refractivity contribution in [2.75, 3.05) is 0 Å². The van der Waals surface area contributed by atoms with Crippen LogP contribution in [0.2, 0.25) is 0 Å². The van der Waals surface area contributed by atoms with Crippen molar-refractivity contribution in [2.24, 2.45) is 17.3 Å². The van der Waals surface area contributed by atoms with Crippen LogP contribution in [0.5, 0.6) is 0 Å². The highest BCUT2D eigenvalue weighted by Crippen LogP contribution is 2.55. The lowest BCUT2D eigenvalue weighted by atomic mass is 9.69. The summed E-state index contributed by atoms with van der Waals surface area (Å²) in [6, 6.07) is 0. The Kier molecular flexibility index (Phi) is 2.18. The second kappa shape index (κ2) is 3.05. The molecule has 3 atom stereocenters. The summed E-state index contributed by atoms with van der Waals surface area (Å²) in [5, 5.41) is 0. The van der Waals surface area contributed by atoms with E-state index >= 15 is 0 Å². The van der Waals surface area contributed by atoms with Crippen LogP contribution in [-0.2, 0) is 0 Å². The Balaban J connectivity index is 2.05. The Morgan fingerprint density at radius 3 is 2.58 bits per heavy atom. The van der Waals surface area contributed by atoms with Gasteiger partial charge in [0.2, 0.25) is 0 Å². The van der Waals surface area contributed by atoms with Gasteiger partial charge >= 0.3 is 0 Å². The summed E-state index contributed by atoms with van der Waals surface area (Å²) >= 11 is 0. The molecular weight excluding hydrogens is 144 g/mol. The molecule has 0 aromatic carbocycles. The van der Waals surface area contributed by atoms with Gasteiger partial charge in [-0.2, -0.15) is 0 Å². The van der Waals surface area contributed by atoms with Gasteiger partial charge < -0.3 is 0 Å². The van der Waals surface area contributed by atoms with Gasteiger partial charge in [-0.05, 0) is 49.4 Å². The molecule has 0 radical (unpaired) electrons. The maximum atomic E-state index is 2.40. The normalized spacial score (nSPS) is 46.5. The minimum atomic E-state index is 0.816. The van der Waals surface area contributed by atoms with E-state index in [-0.39, 0.29) is 0 Å². The summed E-state index contributed by atoms with van der Waals surface area (Å²) < 4.78 is 0. The number of hydrogen-bond acceptors (Lipinski definition) is 0. The summed E-state index contributed by atoms with van der Waals surface area (Å²) in [7, 11) is 0. The Bertz CT molecular complexity index is 161. The van der Waals surface area contributed by atoms with Crippen LogP contribution in [0, 0.1) is 17.3 Å². The predicted octanol–water partition coefficient (Wildman–Crippen LogP) is 4.00. The van der Waals surface area contributed by atoms with Crippen molar-refractivity contribution in [2.45, 2.75) is 58.8 Å². The van der Waals surface area contributed by atoms with E-state index in [0.29, 0.717) is 0 Å². The van der Waals surface area contributed by atoms with E-state index in [0.717, 1.165) is 17.3 Å². The van der Waals surface area contributed by atoms with Crippen molar-refractivity contribution in [1.29, 1.82) is 0 Å². The standard InChI is InChI=1S/C12H22/c1-3-10-5-7-12(4-2)8-6-11(10)9-12/h10-11H,3-9H2,1-2H3. The van der Waals surface area contributed by atoms with Crippen LogP contribution in [0.4, 0.5) is 0 Å². The van der Waals surface area contributed by atoms with Gasteiger partial charge in [-0.15, -0.1) is 0 Å². The van der Waals surface area contributed by atoms with E-state index in [2.05, 4.69) is 13.8 Å². The van der Waals surface area contributed by atoms with Crippen molar-refractivity contribution in [3.05, 3.63) is 0 Å². The molecule has 0 heteroatoms. The van der Waals surface area contributed by atoms with Crippen molar-refractivity contribution in [3.63, 3.8) is 0 Å². The van der Waals surface area contributed by atoms with E-state index in [1.165, 1.54) is 19.3 Å². The fraction of sp³-hybridized carbons (Fsp3) is 1.00. The largest absolute Gasteiger partial charge is 0.0651 e. The third kappa shape index (κ3) is 1.20. The fourth-order valence-corrected chi connectivity index (χ4v) is 3.64. The van der Waals surface area contributed by atoms with Gasteiger partial charge in [0.05, 0.1) is 0 Å². The van der Waals surface area contributed by atoms with Crippen molar-refractivity contribution < 1.29 is 0 Å². The molecule has 2 aliphatic rings. The first-order valence-corrected chi connectivity index (χ1v) is 5.79. The zero-order chi connectivity index (χ0) is 8.60. The molecule has 0 aromatic heterocycles. The molecule has 0 spiro atoms. The monoisotopic (exact) mass is 166 g/mol. The molecular formula is C12H22. The second-order valence-corrected chi connectivity index (χ2v) is 5.06. The van der Waals surface area contributed by atoms with Crippen LogP contribution in [-0.4, -0.2) is 0 Å². The van der Waals surface area contributed by atoms with Crippen LogP contribution < -0.4 is 0 Å². The predicted molar refractivity (Wildman–Crippen MR) is 53.1 cm³/mol. The van der Waals surface area contributed by atoms with Crippen LogP contribution in [0.15, 0.2) is 0 Å². The molecule has 0 saturated heterocycles. The first-order chi connectivity index (χ1) is 5.79. The van der Waals surface area contributed by atoms with Crippen LogP contribution in [0.25, 0.3) is 0 Å². The molecule has 0 amide bonds. The van der Waals surface area contributed by atoms with Crippen molar-refractivity contribution in [1.82, 2.24) is 0 Å². The highest BCUT2D eigenvalue weighted by Gasteiger charge is 2.43. The number of rotatable bonds is 2. The van der Waals surface area contributed by atoms with E-state index in [9.17, 15) is 0 Å². The maximum absolute atomic E-state index is 2.40. The highest BCUT2D eigenvalue weighted by molar-refractivity contribution is 4.95. The Morgan fingerprint density at radius 2 is 1.92 bits per heavy atom. The Morgan fingerprint density at radius 1 is 1.17 bits per heavy atom. The topological polar surface area (TPSA) is 0 Å². The highest BCUT2D eigenvalue weighted by atomic mass is 14.5. The summed E-state index contributed by atoms with van der Waals surface area (Å²) in [4.78, 5) is 0. The Hall–Kier alpha value is 0. The third-order valence-corrected chi connectivity index (χ3v) is 4.73. The average molecular weight is 166 g/mol. The van der Waals surface area contributed by atoms with Gasteiger partial charge in [-0.1, -0.05) is 26.7 Å². The van der Waals surface area contributed by atoms with E-state index in [1.54, 1.807) is 25.7 Å². The van der Waals surface area contributed by atoms with Gasteiger partial charge in [0, 0.05) is 0 Å². The molecule has 2 fully saturated rings. The molecule has 0 nitrogen and oxygen atoms in total. The zero-order valence-electron chi connectivity index (χ0n) is 8.60. The average Bonchev–Trinajstić information content (AvgIpc) is 2.46. The maximum Gasteiger partial charge on any atom is -0.0297 e. The smallest absolute Gasteiger partial charge is 0.0297 e. The lowest BCUT2D eigenvalue weighted by molar-refractivity contribution is 0.149. The van der Waals surface area contributed by atoms with Gasteiger partial charge in [-0.3, -0.25) is 0 Å². The Labute approximate surface area is 76.7 Å². The van der Waals surface area contributed by atoms with Gasteiger partial charge in [-0.25, -0.2) is 0 Å².